The Balaban J connectivity index is 1.71. The molecule has 0 atom stereocenters. The molecule has 3 rings (SSSR count). The fraction of sp³-hybridized carbons (Fsp3) is 0.588. The first kappa shape index (κ1) is 19.6. The molecular formula is C17H24ClN3O4S. The van der Waals surface area contributed by atoms with Gasteiger partial charge in [-0.25, -0.2) is 8.42 Å². The topological polar surface area (TPSA) is 79.0 Å². The van der Waals surface area contributed by atoms with E-state index in [1.807, 2.05) is 0 Å². The van der Waals surface area contributed by atoms with Gasteiger partial charge in [0.25, 0.3) is 0 Å². The number of likely N-dealkylation sites (tertiary alicyclic amines) is 1. The van der Waals surface area contributed by atoms with Gasteiger partial charge in [-0.3, -0.25) is 9.69 Å². The van der Waals surface area contributed by atoms with Crippen LogP contribution in [0.25, 0.3) is 0 Å². The third kappa shape index (κ3) is 4.75. The van der Waals surface area contributed by atoms with Gasteiger partial charge in [0, 0.05) is 13.1 Å². The average molecular weight is 402 g/mol. The number of nitrogens with zero attached hydrogens (tertiary/aromatic N) is 2. The highest BCUT2D eigenvalue weighted by Crippen LogP contribution is 2.27. The number of piperidine rings is 1. The van der Waals surface area contributed by atoms with Crippen LogP contribution < -0.4 is 5.32 Å². The summed E-state index contributed by atoms with van der Waals surface area (Å²) < 4.78 is 32.1. The van der Waals surface area contributed by atoms with E-state index in [1.54, 1.807) is 0 Å². The maximum Gasteiger partial charge on any atom is 0.243 e. The van der Waals surface area contributed by atoms with E-state index < -0.39 is 10.0 Å². The minimum Gasteiger partial charge on any atom is -0.379 e. The van der Waals surface area contributed by atoms with E-state index in [2.05, 4.69) is 10.2 Å². The molecule has 9 heteroatoms. The predicted octanol–water partition coefficient (Wildman–Crippen LogP) is 1.79. The van der Waals surface area contributed by atoms with Crippen molar-refractivity contribution in [2.75, 3.05) is 51.3 Å². The molecule has 7 nitrogen and oxygen atoms in total. The lowest BCUT2D eigenvalue weighted by atomic mass is 10.1. The van der Waals surface area contributed by atoms with Crippen LogP contribution in [-0.2, 0) is 19.6 Å². The van der Waals surface area contributed by atoms with E-state index >= 15 is 0 Å². The Morgan fingerprint density at radius 3 is 2.50 bits per heavy atom. The predicted molar refractivity (Wildman–Crippen MR) is 100.0 cm³/mol. The number of halogens is 1. The summed E-state index contributed by atoms with van der Waals surface area (Å²) in [6, 6.07) is 4.40. The molecule has 1 aromatic carbocycles. The summed E-state index contributed by atoms with van der Waals surface area (Å²) in [5, 5.41) is 3.07. The normalized spacial score (nSPS) is 20.0. The Hall–Kier alpha value is -1.19. The van der Waals surface area contributed by atoms with Crippen molar-refractivity contribution in [2.24, 2.45) is 0 Å². The number of carbonyl (C=O) groups is 1. The highest BCUT2D eigenvalue weighted by atomic mass is 35.5. The first-order chi connectivity index (χ1) is 12.5. The van der Waals surface area contributed by atoms with Crippen LogP contribution in [0.2, 0.25) is 5.02 Å². The molecule has 2 saturated heterocycles. The summed E-state index contributed by atoms with van der Waals surface area (Å²) in [6.07, 6.45) is 3.40. The first-order valence-corrected chi connectivity index (χ1v) is 10.7. The van der Waals surface area contributed by atoms with Gasteiger partial charge in [-0.2, -0.15) is 4.31 Å². The maximum atomic E-state index is 12.8. The fourth-order valence-electron chi connectivity index (χ4n) is 3.21. The Bertz CT molecular complexity index is 744. The van der Waals surface area contributed by atoms with Gasteiger partial charge < -0.3 is 10.1 Å². The van der Waals surface area contributed by atoms with Gasteiger partial charge in [0.05, 0.1) is 35.4 Å². The van der Waals surface area contributed by atoms with E-state index in [4.69, 9.17) is 16.3 Å². The van der Waals surface area contributed by atoms with Crippen LogP contribution in [0.3, 0.4) is 0 Å². The van der Waals surface area contributed by atoms with E-state index in [0.717, 1.165) is 25.9 Å². The molecule has 1 aromatic rings. The second-order valence-electron chi connectivity index (χ2n) is 6.54. The monoisotopic (exact) mass is 401 g/mol. The molecule has 0 spiro atoms. The highest BCUT2D eigenvalue weighted by molar-refractivity contribution is 7.89. The number of hydrogen-bond donors (Lipinski definition) is 1. The summed E-state index contributed by atoms with van der Waals surface area (Å²) in [4.78, 5) is 14.5. The van der Waals surface area contributed by atoms with Crippen LogP contribution in [-0.4, -0.2) is 69.5 Å². The first-order valence-electron chi connectivity index (χ1n) is 8.86. The number of anilines is 1. The van der Waals surface area contributed by atoms with Crippen molar-refractivity contribution in [3.8, 4) is 0 Å². The summed E-state index contributed by atoms with van der Waals surface area (Å²) in [5.41, 5.74) is 0.322. The molecule has 0 aromatic heterocycles. The van der Waals surface area contributed by atoms with E-state index in [-0.39, 0.29) is 17.3 Å². The molecule has 1 amide bonds. The zero-order valence-electron chi connectivity index (χ0n) is 14.6. The minimum atomic E-state index is -3.63. The summed E-state index contributed by atoms with van der Waals surface area (Å²) in [5.74, 6) is -0.185. The molecule has 2 heterocycles. The van der Waals surface area contributed by atoms with Crippen molar-refractivity contribution < 1.29 is 17.9 Å². The average Bonchev–Trinajstić information content (AvgIpc) is 2.65. The number of sulfonamides is 1. The molecule has 144 valence electrons. The molecule has 0 saturated carbocycles. The third-order valence-electron chi connectivity index (χ3n) is 4.64. The van der Waals surface area contributed by atoms with Gasteiger partial charge in [0.15, 0.2) is 0 Å². The lowest BCUT2D eigenvalue weighted by Crippen LogP contribution is -2.40. The van der Waals surface area contributed by atoms with Crippen LogP contribution in [0.1, 0.15) is 19.3 Å². The second-order valence-corrected chi connectivity index (χ2v) is 8.89. The second kappa shape index (κ2) is 8.67. The van der Waals surface area contributed by atoms with Crippen LogP contribution in [0.4, 0.5) is 5.69 Å². The molecule has 26 heavy (non-hydrogen) atoms. The molecular weight excluding hydrogens is 378 g/mol. The number of ether oxygens (including phenoxy) is 1. The van der Waals surface area contributed by atoms with Crippen molar-refractivity contribution in [1.29, 1.82) is 0 Å². The molecule has 2 fully saturated rings. The summed E-state index contributed by atoms with van der Waals surface area (Å²) >= 11 is 6.16. The lowest BCUT2D eigenvalue weighted by molar-refractivity contribution is -0.117. The SMILES string of the molecule is O=C(CN1CCCCC1)Nc1cc(S(=O)(=O)N2CCOCC2)ccc1Cl. The Labute approximate surface area is 159 Å². The van der Waals surface area contributed by atoms with Gasteiger partial charge in [-0.15, -0.1) is 0 Å². The van der Waals surface area contributed by atoms with Gasteiger partial charge >= 0.3 is 0 Å². The van der Waals surface area contributed by atoms with Crippen LogP contribution in [0.5, 0.6) is 0 Å². The minimum absolute atomic E-state index is 0.122. The molecule has 2 aliphatic rings. The van der Waals surface area contributed by atoms with Crippen LogP contribution >= 0.6 is 11.6 Å². The van der Waals surface area contributed by atoms with Crippen molar-refractivity contribution in [3.05, 3.63) is 23.2 Å². The number of amides is 1. The smallest absolute Gasteiger partial charge is 0.243 e. The molecule has 0 bridgehead atoms. The Kier molecular flexibility index (Phi) is 6.52. The molecule has 2 aliphatic heterocycles. The van der Waals surface area contributed by atoms with Crippen molar-refractivity contribution in [2.45, 2.75) is 24.2 Å². The van der Waals surface area contributed by atoms with Crippen molar-refractivity contribution >= 4 is 33.2 Å². The number of carbonyl (C=O) groups excluding carboxylic acids is 1. The third-order valence-corrected chi connectivity index (χ3v) is 6.86. The van der Waals surface area contributed by atoms with Crippen molar-refractivity contribution in [3.63, 3.8) is 0 Å². The number of rotatable bonds is 5. The number of hydrogen-bond acceptors (Lipinski definition) is 5. The molecule has 0 radical (unpaired) electrons. The maximum absolute atomic E-state index is 12.8. The van der Waals surface area contributed by atoms with Crippen LogP contribution in [0, 0.1) is 0 Å². The molecule has 1 N–H and O–H groups in total. The molecule has 0 unspecified atom stereocenters. The van der Waals surface area contributed by atoms with Gasteiger partial charge in [-0.05, 0) is 44.1 Å². The fourth-order valence-corrected chi connectivity index (χ4v) is 4.81. The van der Waals surface area contributed by atoms with E-state index in [9.17, 15) is 13.2 Å². The van der Waals surface area contributed by atoms with E-state index in [1.165, 1.54) is 28.9 Å². The quantitative estimate of drug-likeness (QED) is 0.813. The van der Waals surface area contributed by atoms with Crippen LogP contribution in [0.15, 0.2) is 23.1 Å². The van der Waals surface area contributed by atoms with Gasteiger partial charge in [0.2, 0.25) is 15.9 Å². The standard InChI is InChI=1S/C17H24ClN3O4S/c18-15-5-4-14(26(23,24)21-8-10-25-11-9-21)12-16(15)19-17(22)13-20-6-2-1-3-7-20/h4-5,12H,1-3,6-11,13H2,(H,19,22). The van der Waals surface area contributed by atoms with E-state index in [0.29, 0.717) is 37.0 Å². The Morgan fingerprint density at radius 2 is 1.81 bits per heavy atom. The zero-order chi connectivity index (χ0) is 18.6. The summed E-state index contributed by atoms with van der Waals surface area (Å²) in [7, 11) is -3.63. The number of morpholine rings is 1. The Morgan fingerprint density at radius 1 is 1.12 bits per heavy atom. The zero-order valence-corrected chi connectivity index (χ0v) is 16.2. The van der Waals surface area contributed by atoms with Gasteiger partial charge in [-0.1, -0.05) is 18.0 Å². The highest BCUT2D eigenvalue weighted by Gasteiger charge is 2.27. The number of nitrogens with one attached hydrogen (secondary N) is 1. The number of benzene rings is 1. The molecule has 0 aliphatic carbocycles. The van der Waals surface area contributed by atoms with Gasteiger partial charge in [0.1, 0.15) is 0 Å². The lowest BCUT2D eigenvalue weighted by Gasteiger charge is -2.26. The largest absolute Gasteiger partial charge is 0.379 e. The van der Waals surface area contributed by atoms with Crippen molar-refractivity contribution in [1.82, 2.24) is 9.21 Å². The summed E-state index contributed by atoms with van der Waals surface area (Å²) in [6.45, 7) is 3.51.